The second kappa shape index (κ2) is 3.89. The highest BCUT2D eigenvalue weighted by Gasteiger charge is 2.37. The molecule has 7 heteroatoms. The minimum Gasteiger partial charge on any atom is -0.480 e. The third kappa shape index (κ3) is 2.60. The molecule has 2 N–H and O–H groups in total. The molecule has 0 aromatic heterocycles. The van der Waals surface area contributed by atoms with Crippen LogP contribution in [-0.4, -0.2) is 37.2 Å². The van der Waals surface area contributed by atoms with E-state index in [-0.39, 0.29) is 5.75 Å². The first-order chi connectivity index (χ1) is 7.15. The number of carboxylic acid groups (broad SMARTS) is 1. The number of hydrogen-bond acceptors (Lipinski definition) is 4. The standard InChI is InChI=1S/C9H13NO5S/c1-9(2,8(12)13)7(11)10-6-3-4-16(14,15)5-6/h3-4,6H,5H2,1-2H3,(H,10,11)(H,12,13). The molecule has 0 aromatic carbocycles. The van der Waals surface area contributed by atoms with Crippen molar-refractivity contribution in [1.29, 1.82) is 0 Å². The Balaban J connectivity index is 2.68. The SMILES string of the molecule is CC(C)(C(=O)O)C(=O)NC1C=CS(=O)(=O)C1. The summed E-state index contributed by atoms with van der Waals surface area (Å²) >= 11 is 0. The number of carbonyl (C=O) groups is 2. The largest absolute Gasteiger partial charge is 0.480 e. The molecule has 0 fully saturated rings. The summed E-state index contributed by atoms with van der Waals surface area (Å²) in [5.74, 6) is -2.17. The molecule has 0 saturated carbocycles. The van der Waals surface area contributed by atoms with Crippen LogP contribution >= 0.6 is 0 Å². The molecule has 6 nitrogen and oxygen atoms in total. The van der Waals surface area contributed by atoms with Gasteiger partial charge < -0.3 is 10.4 Å². The predicted molar refractivity (Wildman–Crippen MR) is 56.3 cm³/mol. The van der Waals surface area contributed by atoms with Crippen molar-refractivity contribution in [2.24, 2.45) is 5.41 Å². The van der Waals surface area contributed by atoms with Crippen LogP contribution in [0.3, 0.4) is 0 Å². The van der Waals surface area contributed by atoms with Crippen LogP contribution in [0.4, 0.5) is 0 Å². The molecular formula is C9H13NO5S. The van der Waals surface area contributed by atoms with Gasteiger partial charge in [-0.05, 0) is 19.9 Å². The first-order valence-electron chi connectivity index (χ1n) is 4.60. The molecule has 0 aromatic rings. The first-order valence-corrected chi connectivity index (χ1v) is 6.32. The summed E-state index contributed by atoms with van der Waals surface area (Å²) in [5, 5.41) is 12.2. The highest BCUT2D eigenvalue weighted by molar-refractivity contribution is 7.94. The van der Waals surface area contributed by atoms with Crippen LogP contribution in [0.5, 0.6) is 0 Å². The van der Waals surface area contributed by atoms with Gasteiger partial charge in [0.05, 0.1) is 11.8 Å². The lowest BCUT2D eigenvalue weighted by molar-refractivity contribution is -0.153. The summed E-state index contributed by atoms with van der Waals surface area (Å²) in [6, 6.07) is -0.642. The Morgan fingerprint density at radius 3 is 2.38 bits per heavy atom. The molecule has 0 saturated heterocycles. The number of aliphatic carboxylic acids is 1. The van der Waals surface area contributed by atoms with Crippen LogP contribution in [0, 0.1) is 5.41 Å². The third-order valence-electron chi connectivity index (χ3n) is 2.35. The molecule has 0 aliphatic carbocycles. The maximum atomic E-state index is 11.6. The number of rotatable bonds is 3. The minimum absolute atomic E-state index is 0.214. The van der Waals surface area contributed by atoms with Gasteiger partial charge >= 0.3 is 5.97 Å². The molecule has 1 aliphatic rings. The highest BCUT2D eigenvalue weighted by Crippen LogP contribution is 2.17. The highest BCUT2D eigenvalue weighted by atomic mass is 32.2. The van der Waals surface area contributed by atoms with E-state index >= 15 is 0 Å². The number of amides is 1. The zero-order valence-electron chi connectivity index (χ0n) is 8.93. The van der Waals surface area contributed by atoms with Crippen molar-refractivity contribution in [3.8, 4) is 0 Å². The maximum Gasteiger partial charge on any atom is 0.318 e. The van der Waals surface area contributed by atoms with E-state index in [9.17, 15) is 18.0 Å². The summed E-state index contributed by atoms with van der Waals surface area (Å²) in [7, 11) is -3.25. The Bertz CT molecular complexity index is 449. The lowest BCUT2D eigenvalue weighted by atomic mass is 9.92. The summed E-state index contributed by atoms with van der Waals surface area (Å²) in [6.45, 7) is 2.52. The Kier molecular flexibility index (Phi) is 3.09. The number of carboxylic acids is 1. The number of carbonyl (C=O) groups excluding carboxylic acids is 1. The van der Waals surface area contributed by atoms with Crippen molar-refractivity contribution in [3.63, 3.8) is 0 Å². The molecular weight excluding hydrogens is 234 g/mol. The predicted octanol–water partition coefficient (Wildman–Crippen LogP) is -0.476. The molecule has 1 aliphatic heterocycles. The zero-order valence-corrected chi connectivity index (χ0v) is 9.74. The molecule has 16 heavy (non-hydrogen) atoms. The normalized spacial score (nSPS) is 23.0. The van der Waals surface area contributed by atoms with Gasteiger partial charge in [-0.1, -0.05) is 0 Å². The molecule has 0 radical (unpaired) electrons. The lowest BCUT2D eigenvalue weighted by Crippen LogP contribution is -2.46. The Morgan fingerprint density at radius 2 is 2.00 bits per heavy atom. The Morgan fingerprint density at radius 1 is 1.44 bits per heavy atom. The van der Waals surface area contributed by atoms with Crippen molar-refractivity contribution < 1.29 is 23.1 Å². The fourth-order valence-electron chi connectivity index (χ4n) is 1.11. The average Bonchev–Trinajstić information content (AvgIpc) is 2.45. The van der Waals surface area contributed by atoms with Gasteiger partial charge in [0.25, 0.3) is 0 Å². The second-order valence-electron chi connectivity index (χ2n) is 4.17. The summed E-state index contributed by atoms with van der Waals surface area (Å²) < 4.78 is 22.1. The monoisotopic (exact) mass is 247 g/mol. The molecule has 1 heterocycles. The van der Waals surface area contributed by atoms with Crippen molar-refractivity contribution in [3.05, 3.63) is 11.5 Å². The second-order valence-corrected chi connectivity index (χ2v) is 6.10. The third-order valence-corrected chi connectivity index (χ3v) is 3.74. The summed E-state index contributed by atoms with van der Waals surface area (Å²) in [4.78, 5) is 22.3. The van der Waals surface area contributed by atoms with Gasteiger partial charge in [0.2, 0.25) is 5.91 Å². The summed E-state index contributed by atoms with van der Waals surface area (Å²) in [6.07, 6.45) is 1.34. The van der Waals surface area contributed by atoms with Gasteiger partial charge in [0.1, 0.15) is 5.41 Å². The molecule has 0 bridgehead atoms. The molecule has 1 atom stereocenters. The fourth-order valence-corrected chi connectivity index (χ4v) is 2.35. The van der Waals surface area contributed by atoms with E-state index in [1.807, 2.05) is 0 Å². The Hall–Kier alpha value is -1.37. The smallest absolute Gasteiger partial charge is 0.318 e. The quantitative estimate of drug-likeness (QED) is 0.656. The topological polar surface area (TPSA) is 101 Å². The summed E-state index contributed by atoms with van der Waals surface area (Å²) in [5.41, 5.74) is -1.57. The van der Waals surface area contributed by atoms with Gasteiger partial charge in [-0.15, -0.1) is 0 Å². The van der Waals surface area contributed by atoms with Crippen molar-refractivity contribution in [1.82, 2.24) is 5.32 Å². The van der Waals surface area contributed by atoms with E-state index in [0.29, 0.717) is 0 Å². The van der Waals surface area contributed by atoms with Gasteiger partial charge in [-0.3, -0.25) is 9.59 Å². The lowest BCUT2D eigenvalue weighted by Gasteiger charge is -2.20. The number of sulfone groups is 1. The van der Waals surface area contributed by atoms with E-state index in [1.54, 1.807) is 0 Å². The first kappa shape index (κ1) is 12.7. The van der Waals surface area contributed by atoms with E-state index < -0.39 is 33.2 Å². The average molecular weight is 247 g/mol. The zero-order chi connectivity index (χ0) is 12.6. The molecule has 0 spiro atoms. The van der Waals surface area contributed by atoms with Crippen LogP contribution in [0.1, 0.15) is 13.8 Å². The number of nitrogens with one attached hydrogen (secondary N) is 1. The van der Waals surface area contributed by atoms with Gasteiger partial charge in [-0.2, -0.15) is 0 Å². The Labute approximate surface area is 93.3 Å². The number of hydrogen-bond donors (Lipinski definition) is 2. The molecule has 1 unspecified atom stereocenters. The van der Waals surface area contributed by atoms with Crippen molar-refractivity contribution in [2.75, 3.05) is 5.75 Å². The molecule has 1 rings (SSSR count). The van der Waals surface area contributed by atoms with E-state index in [0.717, 1.165) is 5.41 Å². The van der Waals surface area contributed by atoms with E-state index in [4.69, 9.17) is 5.11 Å². The van der Waals surface area contributed by atoms with Gasteiger partial charge in [0.15, 0.2) is 9.84 Å². The maximum absolute atomic E-state index is 11.6. The van der Waals surface area contributed by atoms with Crippen LogP contribution in [-0.2, 0) is 19.4 Å². The van der Waals surface area contributed by atoms with Crippen molar-refractivity contribution in [2.45, 2.75) is 19.9 Å². The van der Waals surface area contributed by atoms with Gasteiger partial charge in [0, 0.05) is 5.41 Å². The van der Waals surface area contributed by atoms with Crippen molar-refractivity contribution >= 4 is 21.7 Å². The van der Waals surface area contributed by atoms with Crippen LogP contribution in [0.15, 0.2) is 11.5 Å². The molecule has 90 valence electrons. The van der Waals surface area contributed by atoms with Crippen LogP contribution < -0.4 is 5.32 Å². The van der Waals surface area contributed by atoms with Crippen LogP contribution in [0.2, 0.25) is 0 Å². The van der Waals surface area contributed by atoms with Gasteiger partial charge in [-0.25, -0.2) is 8.42 Å². The van der Waals surface area contributed by atoms with E-state index in [2.05, 4.69) is 5.32 Å². The molecule has 1 amide bonds. The minimum atomic E-state index is -3.25. The fraction of sp³-hybridized carbons (Fsp3) is 0.556. The van der Waals surface area contributed by atoms with E-state index in [1.165, 1.54) is 19.9 Å². The van der Waals surface area contributed by atoms with Crippen LogP contribution in [0.25, 0.3) is 0 Å².